The van der Waals surface area contributed by atoms with Crippen LogP contribution in [0.5, 0.6) is 0 Å². The van der Waals surface area contributed by atoms with Crippen LogP contribution in [-0.4, -0.2) is 15.0 Å². The Morgan fingerprint density at radius 3 is 2.33 bits per heavy atom. The molecular formula is C13H20N2O2S. The van der Waals surface area contributed by atoms with E-state index in [-0.39, 0.29) is 4.90 Å². The standard InChI is InChI=1S/C13H20N2O2S/c14-18(16,17)13-7-5-12(6-8-13)10-15-9-11-3-1-2-4-11/h5-8,11,15H,1-4,9-10H2,(H2,14,16,17). The van der Waals surface area contributed by atoms with Gasteiger partial charge in [0.2, 0.25) is 10.0 Å². The summed E-state index contributed by atoms with van der Waals surface area (Å²) >= 11 is 0. The smallest absolute Gasteiger partial charge is 0.238 e. The second-order valence-corrected chi connectivity index (χ2v) is 6.53. The molecule has 3 N–H and O–H groups in total. The number of nitrogens with two attached hydrogens (primary N) is 1. The Hall–Kier alpha value is -0.910. The van der Waals surface area contributed by atoms with Gasteiger partial charge in [-0.1, -0.05) is 25.0 Å². The maximum absolute atomic E-state index is 11.1. The highest BCUT2D eigenvalue weighted by atomic mass is 32.2. The van der Waals surface area contributed by atoms with Crippen molar-refractivity contribution in [3.8, 4) is 0 Å². The SMILES string of the molecule is NS(=O)(=O)c1ccc(CNCC2CCCC2)cc1. The molecule has 100 valence electrons. The molecule has 2 rings (SSSR count). The Bertz CT molecular complexity index is 476. The monoisotopic (exact) mass is 268 g/mol. The molecule has 0 amide bonds. The van der Waals surface area contributed by atoms with Crippen molar-refractivity contribution in [3.63, 3.8) is 0 Å². The number of primary sulfonamides is 1. The molecule has 0 unspecified atom stereocenters. The average Bonchev–Trinajstić information content (AvgIpc) is 2.82. The average molecular weight is 268 g/mol. The molecule has 1 aliphatic carbocycles. The van der Waals surface area contributed by atoms with Crippen molar-refractivity contribution >= 4 is 10.0 Å². The van der Waals surface area contributed by atoms with E-state index < -0.39 is 10.0 Å². The quantitative estimate of drug-likeness (QED) is 0.852. The molecule has 0 bridgehead atoms. The Balaban J connectivity index is 1.83. The van der Waals surface area contributed by atoms with Gasteiger partial charge in [0.05, 0.1) is 4.90 Å². The van der Waals surface area contributed by atoms with Crippen LogP contribution >= 0.6 is 0 Å². The zero-order chi connectivity index (χ0) is 13.0. The second-order valence-electron chi connectivity index (χ2n) is 4.97. The van der Waals surface area contributed by atoms with Gasteiger partial charge in [-0.3, -0.25) is 0 Å². The Morgan fingerprint density at radius 2 is 1.78 bits per heavy atom. The van der Waals surface area contributed by atoms with Crippen LogP contribution in [0.25, 0.3) is 0 Å². The summed E-state index contributed by atoms with van der Waals surface area (Å²) in [7, 11) is -3.57. The van der Waals surface area contributed by atoms with Gasteiger partial charge in [0.15, 0.2) is 0 Å². The number of sulfonamides is 1. The van der Waals surface area contributed by atoms with E-state index in [9.17, 15) is 8.42 Å². The fraction of sp³-hybridized carbons (Fsp3) is 0.538. The van der Waals surface area contributed by atoms with Crippen LogP contribution in [0, 0.1) is 5.92 Å². The number of hydrogen-bond acceptors (Lipinski definition) is 3. The molecule has 18 heavy (non-hydrogen) atoms. The highest BCUT2D eigenvalue weighted by molar-refractivity contribution is 7.89. The summed E-state index contributed by atoms with van der Waals surface area (Å²) < 4.78 is 22.2. The van der Waals surface area contributed by atoms with E-state index in [1.54, 1.807) is 24.3 Å². The van der Waals surface area contributed by atoms with E-state index in [1.807, 2.05) is 0 Å². The minimum absolute atomic E-state index is 0.169. The van der Waals surface area contributed by atoms with E-state index in [4.69, 9.17) is 5.14 Å². The lowest BCUT2D eigenvalue weighted by Crippen LogP contribution is -2.20. The Kier molecular flexibility index (Phi) is 4.37. The van der Waals surface area contributed by atoms with E-state index in [0.29, 0.717) is 0 Å². The summed E-state index contributed by atoms with van der Waals surface area (Å²) in [6, 6.07) is 6.73. The molecule has 0 aromatic heterocycles. The summed E-state index contributed by atoms with van der Waals surface area (Å²) in [6.45, 7) is 1.83. The molecule has 1 fully saturated rings. The fourth-order valence-corrected chi connectivity index (χ4v) is 2.95. The summed E-state index contributed by atoms with van der Waals surface area (Å²) in [5, 5.41) is 8.47. The molecule has 0 radical (unpaired) electrons. The normalized spacial score (nSPS) is 17.2. The van der Waals surface area contributed by atoms with E-state index >= 15 is 0 Å². The van der Waals surface area contributed by atoms with Crippen molar-refractivity contribution in [2.24, 2.45) is 11.1 Å². The summed E-state index contributed by atoms with van der Waals surface area (Å²) in [4.78, 5) is 0.169. The summed E-state index contributed by atoms with van der Waals surface area (Å²) in [5.74, 6) is 0.814. The van der Waals surface area contributed by atoms with E-state index in [2.05, 4.69) is 5.32 Å². The third-order valence-corrected chi connectivity index (χ3v) is 4.42. The van der Waals surface area contributed by atoms with Gasteiger partial charge in [-0.25, -0.2) is 13.6 Å². The van der Waals surface area contributed by atoms with Crippen LogP contribution in [-0.2, 0) is 16.6 Å². The van der Waals surface area contributed by atoms with Crippen LogP contribution in [0.4, 0.5) is 0 Å². The number of hydrogen-bond donors (Lipinski definition) is 2. The number of benzene rings is 1. The fourth-order valence-electron chi connectivity index (χ4n) is 2.43. The van der Waals surface area contributed by atoms with Gasteiger partial charge in [-0.2, -0.15) is 0 Å². The molecule has 5 heteroatoms. The van der Waals surface area contributed by atoms with Crippen molar-refractivity contribution < 1.29 is 8.42 Å². The lowest BCUT2D eigenvalue weighted by atomic mass is 10.1. The second kappa shape index (κ2) is 5.82. The predicted molar refractivity (Wildman–Crippen MR) is 71.5 cm³/mol. The molecule has 0 saturated heterocycles. The van der Waals surface area contributed by atoms with Gasteiger partial charge in [0.1, 0.15) is 0 Å². The zero-order valence-corrected chi connectivity index (χ0v) is 11.2. The molecule has 0 heterocycles. The summed E-state index contributed by atoms with van der Waals surface area (Å²) in [5.41, 5.74) is 1.08. The first-order valence-corrected chi connectivity index (χ1v) is 7.93. The van der Waals surface area contributed by atoms with Crippen molar-refractivity contribution in [3.05, 3.63) is 29.8 Å². The van der Waals surface area contributed by atoms with Gasteiger partial charge in [-0.05, 0) is 43.0 Å². The number of nitrogens with one attached hydrogen (secondary N) is 1. The molecule has 1 aromatic rings. The zero-order valence-electron chi connectivity index (χ0n) is 10.4. The van der Waals surface area contributed by atoms with Crippen molar-refractivity contribution in [1.29, 1.82) is 0 Å². The lowest BCUT2D eigenvalue weighted by molar-refractivity contribution is 0.489. The first kappa shape index (κ1) is 13.5. The minimum atomic E-state index is -3.57. The first-order chi connectivity index (χ1) is 8.55. The molecule has 0 aliphatic heterocycles. The van der Waals surface area contributed by atoms with Gasteiger partial charge in [0, 0.05) is 6.54 Å². The molecule has 0 spiro atoms. The summed E-state index contributed by atoms with van der Waals surface area (Å²) in [6.07, 6.45) is 5.37. The Labute approximate surface area is 109 Å². The number of rotatable bonds is 5. The third-order valence-electron chi connectivity index (χ3n) is 3.49. The molecule has 1 aliphatic rings. The van der Waals surface area contributed by atoms with Crippen LogP contribution in [0.3, 0.4) is 0 Å². The lowest BCUT2D eigenvalue weighted by Gasteiger charge is -2.10. The van der Waals surface area contributed by atoms with Gasteiger partial charge in [0.25, 0.3) is 0 Å². The first-order valence-electron chi connectivity index (χ1n) is 6.38. The minimum Gasteiger partial charge on any atom is -0.312 e. The maximum atomic E-state index is 11.1. The van der Waals surface area contributed by atoms with Crippen LogP contribution in [0.2, 0.25) is 0 Å². The van der Waals surface area contributed by atoms with Crippen LogP contribution in [0.1, 0.15) is 31.2 Å². The predicted octanol–water partition coefficient (Wildman–Crippen LogP) is 1.61. The van der Waals surface area contributed by atoms with Gasteiger partial charge >= 0.3 is 0 Å². The van der Waals surface area contributed by atoms with Crippen LogP contribution < -0.4 is 10.5 Å². The third kappa shape index (κ3) is 3.80. The topological polar surface area (TPSA) is 72.2 Å². The van der Waals surface area contributed by atoms with Crippen LogP contribution in [0.15, 0.2) is 29.2 Å². The highest BCUT2D eigenvalue weighted by Crippen LogP contribution is 2.23. The highest BCUT2D eigenvalue weighted by Gasteiger charge is 2.14. The van der Waals surface area contributed by atoms with Gasteiger partial charge < -0.3 is 5.32 Å². The Morgan fingerprint density at radius 1 is 1.17 bits per heavy atom. The largest absolute Gasteiger partial charge is 0.312 e. The van der Waals surface area contributed by atoms with Crippen molar-refractivity contribution in [2.45, 2.75) is 37.1 Å². The molecule has 1 saturated carbocycles. The molecule has 4 nitrogen and oxygen atoms in total. The van der Waals surface area contributed by atoms with Gasteiger partial charge in [-0.15, -0.1) is 0 Å². The molecular weight excluding hydrogens is 248 g/mol. The van der Waals surface area contributed by atoms with Crippen molar-refractivity contribution in [1.82, 2.24) is 5.32 Å². The maximum Gasteiger partial charge on any atom is 0.238 e. The van der Waals surface area contributed by atoms with E-state index in [1.165, 1.54) is 25.7 Å². The van der Waals surface area contributed by atoms with Crippen molar-refractivity contribution in [2.75, 3.05) is 6.54 Å². The molecule has 0 atom stereocenters. The van der Waals surface area contributed by atoms with E-state index in [0.717, 1.165) is 24.6 Å². The molecule has 1 aromatic carbocycles.